The van der Waals surface area contributed by atoms with Crippen LogP contribution >= 0.6 is 0 Å². The first-order valence-electron chi connectivity index (χ1n) is 6.60. The molecule has 0 radical (unpaired) electrons. The number of benzene rings is 1. The van der Waals surface area contributed by atoms with E-state index in [2.05, 4.69) is 10.4 Å². The van der Waals surface area contributed by atoms with E-state index in [-0.39, 0.29) is 6.04 Å². The molecule has 6 nitrogen and oxygen atoms in total. The first kappa shape index (κ1) is 15.2. The van der Waals surface area contributed by atoms with Crippen LogP contribution < -0.4 is 19.5 Å². The van der Waals surface area contributed by atoms with Crippen molar-refractivity contribution in [2.24, 2.45) is 7.05 Å². The van der Waals surface area contributed by atoms with Gasteiger partial charge >= 0.3 is 0 Å². The number of ether oxygens (including phenoxy) is 3. The Labute approximate surface area is 124 Å². The normalized spacial score (nSPS) is 12.0. The molecule has 0 aliphatic heterocycles. The second kappa shape index (κ2) is 6.49. The fourth-order valence-electron chi connectivity index (χ4n) is 2.37. The highest BCUT2D eigenvalue weighted by atomic mass is 16.5. The molecule has 0 amide bonds. The smallest absolute Gasteiger partial charge is 0.164 e. The molecule has 0 aliphatic rings. The number of aryl methyl sites for hydroxylation is 1. The fraction of sp³-hybridized carbons (Fsp3) is 0.400. The molecule has 2 aromatic rings. The van der Waals surface area contributed by atoms with Gasteiger partial charge in [0.2, 0.25) is 0 Å². The molecule has 0 fully saturated rings. The van der Waals surface area contributed by atoms with Crippen LogP contribution in [-0.4, -0.2) is 38.2 Å². The van der Waals surface area contributed by atoms with Crippen LogP contribution in [0.1, 0.15) is 17.2 Å². The van der Waals surface area contributed by atoms with Crippen molar-refractivity contribution in [2.75, 3.05) is 28.4 Å². The summed E-state index contributed by atoms with van der Waals surface area (Å²) in [5.41, 5.74) is 2.01. The highest BCUT2D eigenvalue weighted by molar-refractivity contribution is 5.53. The number of hydrogen-bond donors (Lipinski definition) is 1. The first-order chi connectivity index (χ1) is 10.1. The first-order valence-corrected chi connectivity index (χ1v) is 6.60. The van der Waals surface area contributed by atoms with E-state index >= 15 is 0 Å². The standard InChI is InChI=1S/C15H21N3O3/c1-16-15(10-8-17-18(2)9-10)11-6-13(20-4)14(21-5)7-12(11)19-3/h6-9,15-16H,1-5H3. The third-order valence-corrected chi connectivity index (χ3v) is 3.39. The number of nitrogens with one attached hydrogen (secondary N) is 1. The minimum absolute atomic E-state index is 0.0477. The maximum atomic E-state index is 5.50. The van der Waals surface area contributed by atoms with E-state index in [9.17, 15) is 0 Å². The van der Waals surface area contributed by atoms with Gasteiger partial charge in [0, 0.05) is 30.4 Å². The van der Waals surface area contributed by atoms with Crippen molar-refractivity contribution in [1.29, 1.82) is 0 Å². The molecule has 1 unspecified atom stereocenters. The van der Waals surface area contributed by atoms with Crippen molar-refractivity contribution in [3.05, 3.63) is 35.7 Å². The summed E-state index contributed by atoms with van der Waals surface area (Å²) >= 11 is 0. The monoisotopic (exact) mass is 291 g/mol. The Morgan fingerprint density at radius 3 is 2.14 bits per heavy atom. The van der Waals surface area contributed by atoms with Gasteiger partial charge in [0.1, 0.15) is 5.75 Å². The average molecular weight is 291 g/mol. The summed E-state index contributed by atoms with van der Waals surface area (Å²) in [5, 5.41) is 7.50. The molecule has 2 rings (SSSR count). The quantitative estimate of drug-likeness (QED) is 0.879. The van der Waals surface area contributed by atoms with Crippen molar-refractivity contribution >= 4 is 0 Å². The Morgan fingerprint density at radius 1 is 1.05 bits per heavy atom. The van der Waals surface area contributed by atoms with Gasteiger partial charge in [0.15, 0.2) is 11.5 Å². The second-order valence-electron chi connectivity index (χ2n) is 4.62. The summed E-state index contributed by atoms with van der Waals surface area (Å²) < 4.78 is 18.0. The van der Waals surface area contributed by atoms with Gasteiger partial charge < -0.3 is 19.5 Å². The molecular formula is C15H21N3O3. The van der Waals surface area contributed by atoms with Gasteiger partial charge in [-0.15, -0.1) is 0 Å². The van der Waals surface area contributed by atoms with Gasteiger partial charge in [0.25, 0.3) is 0 Å². The number of nitrogens with zero attached hydrogens (tertiary/aromatic N) is 2. The van der Waals surface area contributed by atoms with E-state index in [1.165, 1.54) is 0 Å². The molecule has 0 saturated carbocycles. The lowest BCUT2D eigenvalue weighted by atomic mass is 10.00. The number of methoxy groups -OCH3 is 3. The van der Waals surface area contributed by atoms with Crippen LogP contribution in [0.2, 0.25) is 0 Å². The number of hydrogen-bond acceptors (Lipinski definition) is 5. The van der Waals surface area contributed by atoms with Crippen LogP contribution in [-0.2, 0) is 7.05 Å². The van der Waals surface area contributed by atoms with Gasteiger partial charge in [0.05, 0.1) is 33.6 Å². The molecule has 21 heavy (non-hydrogen) atoms. The predicted octanol–water partition coefficient (Wildman–Crippen LogP) is 1.75. The second-order valence-corrected chi connectivity index (χ2v) is 4.62. The SMILES string of the molecule is CNC(c1cnn(C)c1)c1cc(OC)c(OC)cc1OC. The molecule has 6 heteroatoms. The maximum Gasteiger partial charge on any atom is 0.164 e. The van der Waals surface area contributed by atoms with Gasteiger partial charge in [-0.05, 0) is 13.1 Å². The minimum Gasteiger partial charge on any atom is -0.496 e. The highest BCUT2D eigenvalue weighted by Gasteiger charge is 2.21. The van der Waals surface area contributed by atoms with Crippen molar-refractivity contribution in [1.82, 2.24) is 15.1 Å². The van der Waals surface area contributed by atoms with Crippen LogP contribution in [0, 0.1) is 0 Å². The number of rotatable bonds is 6. The third-order valence-electron chi connectivity index (χ3n) is 3.39. The summed E-state index contributed by atoms with van der Waals surface area (Å²) in [7, 11) is 8.65. The molecule has 1 aromatic heterocycles. The fourth-order valence-corrected chi connectivity index (χ4v) is 2.37. The molecule has 114 valence electrons. The van der Waals surface area contributed by atoms with Crippen LogP contribution in [0.4, 0.5) is 0 Å². The van der Waals surface area contributed by atoms with E-state index in [1.807, 2.05) is 38.6 Å². The van der Waals surface area contributed by atoms with Crippen molar-refractivity contribution in [3.63, 3.8) is 0 Å². The van der Waals surface area contributed by atoms with Crippen LogP contribution in [0.15, 0.2) is 24.5 Å². The minimum atomic E-state index is -0.0477. The Morgan fingerprint density at radius 2 is 1.67 bits per heavy atom. The van der Waals surface area contributed by atoms with Gasteiger partial charge in [-0.25, -0.2) is 0 Å². The zero-order valence-electron chi connectivity index (χ0n) is 13.0. The van der Waals surface area contributed by atoms with Crippen molar-refractivity contribution in [3.8, 4) is 17.2 Å². The molecule has 1 atom stereocenters. The molecule has 1 heterocycles. The summed E-state index contributed by atoms with van der Waals surface area (Å²) in [6.45, 7) is 0. The lowest BCUT2D eigenvalue weighted by Gasteiger charge is -2.20. The average Bonchev–Trinajstić information content (AvgIpc) is 2.93. The van der Waals surface area contributed by atoms with Crippen LogP contribution in [0.5, 0.6) is 17.2 Å². The molecular weight excluding hydrogens is 270 g/mol. The molecule has 0 bridgehead atoms. The molecule has 0 spiro atoms. The Hall–Kier alpha value is -2.21. The van der Waals surface area contributed by atoms with Crippen molar-refractivity contribution < 1.29 is 14.2 Å². The zero-order chi connectivity index (χ0) is 15.4. The number of aromatic nitrogens is 2. The Bertz CT molecular complexity index is 610. The zero-order valence-corrected chi connectivity index (χ0v) is 13.0. The van der Waals surface area contributed by atoms with Crippen LogP contribution in [0.3, 0.4) is 0 Å². The predicted molar refractivity (Wildman–Crippen MR) is 80.2 cm³/mol. The van der Waals surface area contributed by atoms with Crippen molar-refractivity contribution in [2.45, 2.75) is 6.04 Å². The Kier molecular flexibility index (Phi) is 4.70. The summed E-state index contributed by atoms with van der Waals surface area (Å²) in [5.74, 6) is 2.03. The largest absolute Gasteiger partial charge is 0.496 e. The van der Waals surface area contributed by atoms with Gasteiger partial charge in [-0.3, -0.25) is 4.68 Å². The lowest BCUT2D eigenvalue weighted by Crippen LogP contribution is -2.18. The van der Waals surface area contributed by atoms with E-state index < -0.39 is 0 Å². The molecule has 0 saturated heterocycles. The summed E-state index contributed by atoms with van der Waals surface area (Å²) in [4.78, 5) is 0. The maximum absolute atomic E-state index is 5.50. The van der Waals surface area contributed by atoms with Gasteiger partial charge in [-0.1, -0.05) is 0 Å². The molecule has 1 aromatic carbocycles. The van der Waals surface area contributed by atoms with Crippen LogP contribution in [0.25, 0.3) is 0 Å². The van der Waals surface area contributed by atoms with E-state index in [0.717, 1.165) is 16.9 Å². The highest BCUT2D eigenvalue weighted by Crippen LogP contribution is 2.39. The Balaban J connectivity index is 2.54. The lowest BCUT2D eigenvalue weighted by molar-refractivity contribution is 0.346. The van der Waals surface area contributed by atoms with E-state index in [0.29, 0.717) is 11.5 Å². The topological polar surface area (TPSA) is 57.5 Å². The third kappa shape index (κ3) is 2.95. The van der Waals surface area contributed by atoms with E-state index in [4.69, 9.17) is 14.2 Å². The summed E-state index contributed by atoms with van der Waals surface area (Å²) in [6, 6.07) is 3.70. The molecule has 1 N–H and O–H groups in total. The van der Waals surface area contributed by atoms with E-state index in [1.54, 1.807) is 26.0 Å². The summed E-state index contributed by atoms with van der Waals surface area (Å²) in [6.07, 6.45) is 3.80. The van der Waals surface area contributed by atoms with Gasteiger partial charge in [-0.2, -0.15) is 5.10 Å². The molecule has 0 aliphatic carbocycles.